The number of nitro groups is 1. The Balaban J connectivity index is 0.000000186. The highest BCUT2D eigenvalue weighted by Gasteiger charge is 2.16. The van der Waals surface area contributed by atoms with Crippen molar-refractivity contribution in [3.8, 4) is 0 Å². The molecule has 0 atom stereocenters. The number of hydrogen-bond donors (Lipinski definition) is 3. The second-order valence-corrected chi connectivity index (χ2v) is 8.51. The van der Waals surface area contributed by atoms with Crippen molar-refractivity contribution in [2.75, 3.05) is 51.3 Å². The molecule has 0 amide bonds. The first-order chi connectivity index (χ1) is 15.7. The average Bonchev–Trinajstić information content (AvgIpc) is 2.80. The number of nitrogens with zero attached hydrogens (tertiary/aromatic N) is 7. The Morgan fingerprint density at radius 2 is 1.45 bits per heavy atom. The lowest BCUT2D eigenvalue weighted by atomic mass is 10.1. The normalized spacial score (nSPS) is 17.8. The molecule has 0 saturated carbocycles. The number of nitrogens with one attached hydrogen (secondary N) is 1. The van der Waals surface area contributed by atoms with Gasteiger partial charge in [0, 0.05) is 12.1 Å². The van der Waals surface area contributed by atoms with Crippen molar-refractivity contribution in [1.29, 1.82) is 0 Å². The van der Waals surface area contributed by atoms with Crippen molar-refractivity contribution in [2.45, 2.75) is 37.8 Å². The van der Waals surface area contributed by atoms with Crippen molar-refractivity contribution in [2.24, 2.45) is 5.73 Å². The quantitative estimate of drug-likeness (QED) is 0.332. The largest absolute Gasteiger partial charge is 0.396 e. The number of hydrogen-bond acceptors (Lipinski definition) is 11. The van der Waals surface area contributed by atoms with E-state index in [2.05, 4.69) is 49.1 Å². The highest BCUT2D eigenvalue weighted by atomic mass is 35.5. The van der Waals surface area contributed by atoms with E-state index < -0.39 is 4.92 Å². The molecule has 0 aliphatic carbocycles. The van der Waals surface area contributed by atoms with Gasteiger partial charge in [-0.2, -0.15) is 0 Å². The van der Waals surface area contributed by atoms with Crippen LogP contribution in [0.15, 0.2) is 24.8 Å². The van der Waals surface area contributed by atoms with Gasteiger partial charge < -0.3 is 26.6 Å². The van der Waals surface area contributed by atoms with Crippen LogP contribution in [0.25, 0.3) is 0 Å². The monoisotopic (exact) mass is 480 g/mol. The molecule has 13 heteroatoms. The van der Waals surface area contributed by atoms with Crippen LogP contribution >= 0.6 is 11.6 Å². The maximum atomic E-state index is 9.99. The van der Waals surface area contributed by atoms with Crippen LogP contribution in [0.5, 0.6) is 0 Å². The van der Waals surface area contributed by atoms with Crippen molar-refractivity contribution >= 4 is 28.9 Å². The lowest BCUT2D eigenvalue weighted by Gasteiger charge is -2.29. The Labute approximate surface area is 198 Å². The van der Waals surface area contributed by atoms with Gasteiger partial charge in [-0.25, -0.2) is 19.9 Å². The third kappa shape index (κ3) is 10.7. The van der Waals surface area contributed by atoms with E-state index in [0.717, 1.165) is 38.3 Å². The fraction of sp³-hybridized carbons (Fsp3) is 0.600. The summed E-state index contributed by atoms with van der Waals surface area (Å²) in [6.07, 6.45) is 10.0. The summed E-state index contributed by atoms with van der Waals surface area (Å²) in [5.74, 6) is 0.679. The van der Waals surface area contributed by atoms with Crippen LogP contribution in [0, 0.1) is 10.1 Å². The number of likely N-dealkylation sites (tertiary alicyclic amines) is 2. The molecule has 33 heavy (non-hydrogen) atoms. The Morgan fingerprint density at radius 1 is 0.970 bits per heavy atom. The molecule has 182 valence electrons. The zero-order chi connectivity index (χ0) is 24.2. The van der Waals surface area contributed by atoms with Gasteiger partial charge in [-0.05, 0) is 77.6 Å². The summed E-state index contributed by atoms with van der Waals surface area (Å²) in [5.41, 5.74) is 11.6. The van der Waals surface area contributed by atoms with Gasteiger partial charge in [-0.3, -0.25) is 10.1 Å². The topological polar surface area (TPSA) is 165 Å². The predicted octanol–water partition coefficient (Wildman–Crippen LogP) is 1.64. The SMILES string of the molecule is CN1CCC(N)CC1.CN1CCC(Nc2ncc(N)cn2)CC1.O=[N+]([O-])c1cnc(Cl)nc1. The first kappa shape index (κ1) is 26.6. The summed E-state index contributed by atoms with van der Waals surface area (Å²) in [7, 11) is 4.29. The summed E-state index contributed by atoms with van der Waals surface area (Å²) in [6.45, 7) is 4.63. The standard InChI is InChI=1S/C10H17N5.C6H14N2.C4H2ClN3O2/c1-15-4-2-9(3-5-15)14-10-12-6-8(11)7-13-10;1-8-4-2-6(7)3-5-8;5-4-6-1-3(2-7-4)8(9)10/h6-7,9H,2-5,11H2,1H3,(H,12,13,14);6H,2-5,7H2,1H3;1-2H. The van der Waals surface area contributed by atoms with Crippen LogP contribution in [0.3, 0.4) is 0 Å². The Bertz CT molecular complexity index is 814. The van der Waals surface area contributed by atoms with Crippen molar-refractivity contribution in [1.82, 2.24) is 29.7 Å². The fourth-order valence-electron chi connectivity index (χ4n) is 3.18. The predicted molar refractivity (Wildman–Crippen MR) is 129 cm³/mol. The van der Waals surface area contributed by atoms with Gasteiger partial charge in [-0.1, -0.05) is 0 Å². The van der Waals surface area contributed by atoms with Crippen molar-refractivity contribution < 1.29 is 4.92 Å². The molecule has 0 unspecified atom stereocenters. The third-order valence-electron chi connectivity index (χ3n) is 5.30. The Hall–Kier alpha value is -2.67. The van der Waals surface area contributed by atoms with Crippen LogP contribution in [0.1, 0.15) is 25.7 Å². The van der Waals surface area contributed by atoms with Crippen molar-refractivity contribution in [3.05, 3.63) is 40.2 Å². The van der Waals surface area contributed by atoms with E-state index in [9.17, 15) is 10.1 Å². The molecular formula is C20H33ClN10O2. The van der Waals surface area contributed by atoms with E-state index >= 15 is 0 Å². The molecule has 2 aromatic heterocycles. The molecule has 0 spiro atoms. The minimum absolute atomic E-state index is 0.00519. The number of piperidine rings is 2. The lowest BCUT2D eigenvalue weighted by Crippen LogP contribution is -2.37. The molecule has 2 saturated heterocycles. The van der Waals surface area contributed by atoms with Crippen LogP contribution in [-0.2, 0) is 0 Å². The molecular weight excluding hydrogens is 448 g/mol. The van der Waals surface area contributed by atoms with Gasteiger partial charge in [0.15, 0.2) is 0 Å². The molecule has 2 fully saturated rings. The van der Waals surface area contributed by atoms with Crippen LogP contribution < -0.4 is 16.8 Å². The molecule has 0 bridgehead atoms. The van der Waals surface area contributed by atoms with Crippen LogP contribution in [0.2, 0.25) is 5.28 Å². The summed E-state index contributed by atoms with van der Waals surface area (Å²) in [5, 5.41) is 13.3. The molecule has 12 nitrogen and oxygen atoms in total. The maximum absolute atomic E-state index is 9.99. The molecule has 0 aromatic carbocycles. The minimum Gasteiger partial charge on any atom is -0.396 e. The Kier molecular flexibility index (Phi) is 11.1. The second-order valence-electron chi connectivity index (χ2n) is 8.17. The van der Waals surface area contributed by atoms with Crippen molar-refractivity contribution in [3.63, 3.8) is 0 Å². The number of halogens is 1. The average molecular weight is 481 g/mol. The summed E-state index contributed by atoms with van der Waals surface area (Å²) in [4.78, 5) is 29.2. The zero-order valence-corrected chi connectivity index (χ0v) is 19.9. The number of anilines is 2. The number of aromatic nitrogens is 4. The molecule has 5 N–H and O–H groups in total. The van der Waals surface area contributed by atoms with Gasteiger partial charge in [-0.15, -0.1) is 0 Å². The first-order valence-electron chi connectivity index (χ1n) is 10.8. The molecule has 2 aliphatic rings. The molecule has 0 radical (unpaired) electrons. The highest BCUT2D eigenvalue weighted by molar-refractivity contribution is 6.28. The molecule has 2 aliphatic heterocycles. The van der Waals surface area contributed by atoms with Crippen LogP contribution in [-0.4, -0.2) is 87.0 Å². The van der Waals surface area contributed by atoms with Gasteiger partial charge in [0.05, 0.1) is 23.0 Å². The smallest absolute Gasteiger partial charge is 0.305 e. The number of nitrogens with two attached hydrogens (primary N) is 2. The van der Waals surface area contributed by atoms with E-state index in [1.165, 1.54) is 25.9 Å². The first-order valence-corrected chi connectivity index (χ1v) is 11.2. The molecule has 4 heterocycles. The van der Waals surface area contributed by atoms with E-state index in [4.69, 9.17) is 23.1 Å². The van der Waals surface area contributed by atoms with E-state index in [1.54, 1.807) is 12.4 Å². The van der Waals surface area contributed by atoms with Gasteiger partial charge in [0.2, 0.25) is 11.2 Å². The van der Waals surface area contributed by atoms with Gasteiger partial charge >= 0.3 is 5.69 Å². The second kappa shape index (κ2) is 13.8. The summed E-state index contributed by atoms with van der Waals surface area (Å²) < 4.78 is 0. The number of nitrogen functional groups attached to an aromatic ring is 1. The summed E-state index contributed by atoms with van der Waals surface area (Å²) >= 11 is 5.27. The summed E-state index contributed by atoms with van der Waals surface area (Å²) in [6, 6.07) is 0.969. The van der Waals surface area contributed by atoms with E-state index in [1.807, 2.05) is 0 Å². The molecule has 2 aromatic rings. The maximum Gasteiger partial charge on any atom is 0.305 e. The fourth-order valence-corrected chi connectivity index (χ4v) is 3.27. The van der Waals surface area contributed by atoms with Gasteiger partial charge in [0.25, 0.3) is 0 Å². The third-order valence-corrected chi connectivity index (χ3v) is 5.50. The zero-order valence-electron chi connectivity index (χ0n) is 19.1. The van der Waals surface area contributed by atoms with Crippen LogP contribution in [0.4, 0.5) is 17.3 Å². The Morgan fingerprint density at radius 3 is 1.91 bits per heavy atom. The van der Waals surface area contributed by atoms with Gasteiger partial charge in [0.1, 0.15) is 12.4 Å². The lowest BCUT2D eigenvalue weighted by molar-refractivity contribution is -0.385. The minimum atomic E-state index is -0.587. The highest BCUT2D eigenvalue weighted by Crippen LogP contribution is 2.13. The number of rotatable bonds is 3. The molecule has 4 rings (SSSR count). The van der Waals surface area contributed by atoms with E-state index in [0.29, 0.717) is 23.7 Å². The van der Waals surface area contributed by atoms with E-state index in [-0.39, 0.29) is 11.0 Å².